The largest absolute Gasteiger partial charge is 0.482 e. The van der Waals surface area contributed by atoms with Gasteiger partial charge in [0.15, 0.2) is 6.61 Å². The van der Waals surface area contributed by atoms with Gasteiger partial charge in [-0.2, -0.15) is 10.2 Å². The van der Waals surface area contributed by atoms with E-state index in [1.807, 2.05) is 30.3 Å². The zero-order valence-corrected chi connectivity index (χ0v) is 21.5. The van der Waals surface area contributed by atoms with Crippen molar-refractivity contribution in [1.82, 2.24) is 19.8 Å². The Kier molecular flexibility index (Phi) is 7.16. The summed E-state index contributed by atoms with van der Waals surface area (Å²) in [7, 11) is 0. The zero-order valence-electron chi connectivity index (χ0n) is 18.4. The zero-order chi connectivity index (χ0) is 25.2. The van der Waals surface area contributed by atoms with E-state index in [9.17, 15) is 4.79 Å². The molecule has 182 valence electrons. The number of benzene rings is 3. The predicted octanol–water partition coefficient (Wildman–Crippen LogP) is 6.50. The highest BCUT2D eigenvalue weighted by Crippen LogP contribution is 2.43. The van der Waals surface area contributed by atoms with Crippen molar-refractivity contribution in [3.05, 3.63) is 111 Å². The lowest BCUT2D eigenvalue weighted by Gasteiger charge is -2.28. The van der Waals surface area contributed by atoms with Crippen molar-refractivity contribution in [3.8, 4) is 5.75 Å². The molecule has 5 rings (SSSR count). The van der Waals surface area contributed by atoms with Crippen molar-refractivity contribution in [2.45, 2.75) is 12.1 Å². The second-order valence-corrected chi connectivity index (χ2v) is 9.57. The molecular weight excluding hydrogens is 544 g/mol. The highest BCUT2D eigenvalue weighted by molar-refractivity contribution is 6.36. The van der Waals surface area contributed by atoms with Crippen molar-refractivity contribution in [3.63, 3.8) is 0 Å². The topological polar surface area (TPSA) is 72.6 Å². The van der Waals surface area contributed by atoms with E-state index in [0.717, 1.165) is 5.56 Å². The van der Waals surface area contributed by atoms with E-state index in [-0.39, 0.29) is 6.61 Å². The third-order valence-corrected chi connectivity index (χ3v) is 6.72. The summed E-state index contributed by atoms with van der Waals surface area (Å²) in [5.74, 6) is -0.0807. The first kappa shape index (κ1) is 24.6. The molecule has 0 fully saturated rings. The molecule has 2 unspecified atom stereocenters. The Morgan fingerprint density at radius 2 is 1.61 bits per heavy atom. The number of hydrogen-bond donors (Lipinski definition) is 0. The summed E-state index contributed by atoms with van der Waals surface area (Å²) in [6.07, 6.45) is 3.01. The lowest BCUT2D eigenvalue weighted by molar-refractivity contribution is -0.135. The lowest BCUT2D eigenvalue weighted by atomic mass is 9.93. The fourth-order valence-corrected chi connectivity index (χ4v) is 5.02. The van der Waals surface area contributed by atoms with Crippen LogP contribution < -0.4 is 4.74 Å². The van der Waals surface area contributed by atoms with Crippen LogP contribution in [0.2, 0.25) is 20.1 Å². The Morgan fingerprint density at radius 1 is 0.889 bits per heavy atom. The minimum absolute atomic E-state index is 0.294. The summed E-state index contributed by atoms with van der Waals surface area (Å²) in [4.78, 5) is 17.7. The fraction of sp³-hybridized carbons (Fsp3) is 0.120. The normalized spacial score (nSPS) is 17.2. The van der Waals surface area contributed by atoms with Crippen LogP contribution >= 0.6 is 46.4 Å². The van der Waals surface area contributed by atoms with E-state index in [1.165, 1.54) is 11.3 Å². The number of rotatable bonds is 6. The molecule has 36 heavy (non-hydrogen) atoms. The average molecular weight is 561 g/mol. The molecule has 0 spiro atoms. The molecule has 7 nitrogen and oxygen atoms in total. The molecule has 2 atom stereocenters. The van der Waals surface area contributed by atoms with Gasteiger partial charge in [-0.1, -0.05) is 82.8 Å². The summed E-state index contributed by atoms with van der Waals surface area (Å²) in [5.41, 5.74) is 2.09. The third kappa shape index (κ3) is 4.92. The summed E-state index contributed by atoms with van der Waals surface area (Å²) in [5, 5.41) is 12.1. The molecule has 11 heteroatoms. The monoisotopic (exact) mass is 559 g/mol. The van der Waals surface area contributed by atoms with Gasteiger partial charge in [0.05, 0.1) is 10.7 Å². The van der Waals surface area contributed by atoms with E-state index in [2.05, 4.69) is 10.1 Å². The molecule has 1 aliphatic rings. The number of aromatic nitrogens is 3. The van der Waals surface area contributed by atoms with Gasteiger partial charge in [-0.05, 0) is 35.9 Å². The van der Waals surface area contributed by atoms with Gasteiger partial charge in [0, 0.05) is 20.6 Å². The van der Waals surface area contributed by atoms with E-state index >= 15 is 0 Å². The van der Waals surface area contributed by atoms with Gasteiger partial charge in [0.1, 0.15) is 30.5 Å². The molecule has 1 amide bonds. The molecule has 2 heterocycles. The average Bonchev–Trinajstić information content (AvgIpc) is 3.52. The number of carbonyl (C=O) groups is 1. The van der Waals surface area contributed by atoms with Crippen LogP contribution in [-0.4, -0.2) is 38.0 Å². The highest BCUT2D eigenvalue weighted by Gasteiger charge is 2.44. The van der Waals surface area contributed by atoms with Crippen molar-refractivity contribution < 1.29 is 9.53 Å². The van der Waals surface area contributed by atoms with E-state index in [4.69, 9.17) is 56.2 Å². The standard InChI is InChI=1S/C25H17Cl4N5O2/c26-16-6-8-18(19(28)10-16)24-25(33-14-30-13-31-33)23(15-4-2-1-3-5-15)32-34(24)22(35)12-36-21-9-7-17(27)11-20(21)29/h1-11,13-14,24-25H,12H2. The van der Waals surface area contributed by atoms with Crippen LogP contribution in [0.1, 0.15) is 23.2 Å². The number of nitrogens with zero attached hydrogens (tertiary/aromatic N) is 5. The van der Waals surface area contributed by atoms with Crippen molar-refractivity contribution >= 4 is 58.0 Å². The summed E-state index contributed by atoms with van der Waals surface area (Å²) in [6.45, 7) is -0.321. The second-order valence-electron chi connectivity index (χ2n) is 7.88. The number of hydrogen-bond acceptors (Lipinski definition) is 5. The maximum atomic E-state index is 13.6. The first-order valence-electron chi connectivity index (χ1n) is 10.8. The van der Waals surface area contributed by atoms with Crippen molar-refractivity contribution in [2.24, 2.45) is 5.10 Å². The van der Waals surface area contributed by atoms with Gasteiger partial charge in [-0.15, -0.1) is 0 Å². The Bertz CT molecular complexity index is 1430. The Labute approximate surface area is 226 Å². The molecule has 4 aromatic rings. The smallest absolute Gasteiger partial charge is 0.281 e. The molecule has 0 saturated heterocycles. The molecule has 1 aromatic heterocycles. The van der Waals surface area contributed by atoms with Crippen LogP contribution in [0.4, 0.5) is 0 Å². The second kappa shape index (κ2) is 10.5. The number of amides is 1. The van der Waals surface area contributed by atoms with Gasteiger partial charge in [0.25, 0.3) is 5.91 Å². The van der Waals surface area contributed by atoms with Crippen molar-refractivity contribution in [1.29, 1.82) is 0 Å². The summed E-state index contributed by atoms with van der Waals surface area (Å²) in [6, 6.07) is 18.3. The molecule has 1 aliphatic heterocycles. The van der Waals surface area contributed by atoms with Crippen LogP contribution in [0.25, 0.3) is 0 Å². The van der Waals surface area contributed by atoms with E-state index in [0.29, 0.717) is 37.1 Å². The minimum atomic E-state index is -0.650. The Morgan fingerprint density at radius 3 is 2.28 bits per heavy atom. The van der Waals surface area contributed by atoms with Crippen LogP contribution in [0.15, 0.2) is 84.5 Å². The van der Waals surface area contributed by atoms with Crippen molar-refractivity contribution in [2.75, 3.05) is 6.61 Å². The first-order valence-corrected chi connectivity index (χ1v) is 12.3. The number of ether oxygens (including phenoxy) is 1. The maximum absolute atomic E-state index is 13.6. The van der Waals surface area contributed by atoms with E-state index < -0.39 is 18.0 Å². The van der Waals surface area contributed by atoms with Gasteiger partial charge < -0.3 is 4.74 Å². The van der Waals surface area contributed by atoms with Crippen LogP contribution in [0.3, 0.4) is 0 Å². The summed E-state index contributed by atoms with van der Waals surface area (Å²) >= 11 is 25.0. The van der Waals surface area contributed by atoms with Crippen LogP contribution in [0, 0.1) is 0 Å². The maximum Gasteiger partial charge on any atom is 0.281 e. The molecule has 0 aliphatic carbocycles. The van der Waals surface area contributed by atoms with Gasteiger partial charge in [-0.25, -0.2) is 14.7 Å². The molecule has 0 N–H and O–H groups in total. The number of carbonyl (C=O) groups excluding carboxylic acids is 1. The minimum Gasteiger partial charge on any atom is -0.482 e. The van der Waals surface area contributed by atoms with Crippen LogP contribution in [-0.2, 0) is 4.79 Å². The molecular formula is C25H17Cl4N5O2. The first-order chi connectivity index (χ1) is 17.4. The third-order valence-electron chi connectivity index (χ3n) is 5.63. The highest BCUT2D eigenvalue weighted by atomic mass is 35.5. The van der Waals surface area contributed by atoms with E-state index in [1.54, 1.807) is 47.4 Å². The van der Waals surface area contributed by atoms with Gasteiger partial charge in [-0.3, -0.25) is 4.79 Å². The van der Waals surface area contributed by atoms with Gasteiger partial charge >= 0.3 is 0 Å². The fourth-order valence-electron chi connectivity index (χ4n) is 4.04. The Hall–Kier alpha value is -3.10. The van der Waals surface area contributed by atoms with Gasteiger partial charge in [0.2, 0.25) is 0 Å². The quantitative estimate of drug-likeness (QED) is 0.270. The Balaban J connectivity index is 1.57. The lowest BCUT2D eigenvalue weighted by Crippen LogP contribution is -2.35. The molecule has 0 bridgehead atoms. The SMILES string of the molecule is O=C(COc1ccc(Cl)cc1Cl)N1N=C(c2ccccc2)C(n2cncn2)C1c1ccc(Cl)cc1Cl. The number of halogens is 4. The summed E-state index contributed by atoms with van der Waals surface area (Å²) < 4.78 is 7.38. The molecule has 3 aromatic carbocycles. The molecule has 0 radical (unpaired) electrons. The molecule has 0 saturated carbocycles. The predicted molar refractivity (Wildman–Crippen MR) is 140 cm³/mol. The van der Waals surface area contributed by atoms with Crippen LogP contribution in [0.5, 0.6) is 5.75 Å². The number of hydrazone groups is 1.